The van der Waals surface area contributed by atoms with Crippen LogP contribution in [0.2, 0.25) is 0 Å². The van der Waals surface area contributed by atoms with E-state index in [1.807, 2.05) is 6.92 Å². The third-order valence-electron chi connectivity index (χ3n) is 3.78. The third kappa shape index (κ3) is 2.37. The zero-order valence-corrected chi connectivity index (χ0v) is 12.3. The molecule has 19 heavy (non-hydrogen) atoms. The Balaban J connectivity index is 1.95. The highest BCUT2D eigenvalue weighted by molar-refractivity contribution is 9.10. The lowest BCUT2D eigenvalue weighted by Gasteiger charge is -2.24. The second-order valence-corrected chi connectivity index (χ2v) is 5.85. The van der Waals surface area contributed by atoms with E-state index in [0.717, 1.165) is 30.8 Å². The molecule has 3 nitrogen and oxygen atoms in total. The normalized spacial score (nSPS) is 18.1. The summed E-state index contributed by atoms with van der Waals surface area (Å²) in [5.41, 5.74) is 3.48. The Kier molecular flexibility index (Phi) is 3.27. The molecule has 1 aliphatic rings. The highest BCUT2D eigenvalue weighted by Gasteiger charge is 2.22. The van der Waals surface area contributed by atoms with Crippen molar-refractivity contribution in [2.24, 2.45) is 0 Å². The fourth-order valence-corrected chi connectivity index (χ4v) is 2.91. The van der Waals surface area contributed by atoms with Crippen molar-refractivity contribution < 1.29 is 0 Å². The van der Waals surface area contributed by atoms with E-state index in [0.29, 0.717) is 10.4 Å². The molecule has 1 heterocycles. The average molecular weight is 319 g/mol. The SMILES string of the molecule is Cc1nc(C2CCc3ccccc3C2)[nH]c(=O)c1Br. The number of halogens is 1. The molecule has 1 aromatic heterocycles. The molecule has 2 aromatic rings. The van der Waals surface area contributed by atoms with Crippen molar-refractivity contribution in [3.63, 3.8) is 0 Å². The minimum Gasteiger partial charge on any atom is -0.309 e. The number of nitrogens with zero attached hydrogens (tertiary/aromatic N) is 1. The van der Waals surface area contributed by atoms with E-state index in [4.69, 9.17) is 0 Å². The lowest BCUT2D eigenvalue weighted by Crippen LogP contribution is -2.21. The van der Waals surface area contributed by atoms with Crippen molar-refractivity contribution in [2.75, 3.05) is 0 Å². The molecule has 0 radical (unpaired) electrons. The Hall–Kier alpha value is -1.42. The number of hydrogen-bond donors (Lipinski definition) is 1. The smallest absolute Gasteiger partial charge is 0.265 e. The van der Waals surface area contributed by atoms with Crippen molar-refractivity contribution in [1.29, 1.82) is 0 Å². The average Bonchev–Trinajstić information content (AvgIpc) is 2.43. The molecule has 0 bridgehead atoms. The van der Waals surface area contributed by atoms with Gasteiger partial charge in [-0.2, -0.15) is 0 Å². The summed E-state index contributed by atoms with van der Waals surface area (Å²) in [5, 5.41) is 0. The maximum absolute atomic E-state index is 11.8. The fourth-order valence-electron chi connectivity index (χ4n) is 2.72. The number of aromatic nitrogens is 2. The highest BCUT2D eigenvalue weighted by atomic mass is 79.9. The molecule has 0 amide bonds. The van der Waals surface area contributed by atoms with Gasteiger partial charge in [-0.3, -0.25) is 4.79 Å². The van der Waals surface area contributed by atoms with Gasteiger partial charge in [-0.25, -0.2) is 4.98 Å². The van der Waals surface area contributed by atoms with Gasteiger partial charge < -0.3 is 4.98 Å². The van der Waals surface area contributed by atoms with Crippen LogP contribution in [-0.4, -0.2) is 9.97 Å². The van der Waals surface area contributed by atoms with Gasteiger partial charge in [-0.05, 0) is 53.2 Å². The summed E-state index contributed by atoms with van der Waals surface area (Å²) in [6.07, 6.45) is 3.06. The van der Waals surface area contributed by atoms with Gasteiger partial charge in [0.05, 0.1) is 5.69 Å². The van der Waals surface area contributed by atoms with E-state index in [1.165, 1.54) is 11.1 Å². The van der Waals surface area contributed by atoms with Crippen LogP contribution in [0.4, 0.5) is 0 Å². The predicted octanol–water partition coefficient (Wildman–Crippen LogP) is 3.11. The van der Waals surface area contributed by atoms with Crippen molar-refractivity contribution in [3.8, 4) is 0 Å². The number of H-pyrrole nitrogens is 1. The molecule has 1 unspecified atom stereocenters. The molecule has 0 saturated heterocycles. The standard InChI is InChI=1S/C15H15BrN2O/c1-9-13(16)15(19)18-14(17-9)12-7-6-10-4-2-3-5-11(10)8-12/h2-5,12H,6-8H2,1H3,(H,17,18,19). The van der Waals surface area contributed by atoms with Crippen LogP contribution in [-0.2, 0) is 12.8 Å². The van der Waals surface area contributed by atoms with Crippen molar-refractivity contribution in [1.82, 2.24) is 9.97 Å². The second kappa shape index (κ2) is 4.93. The van der Waals surface area contributed by atoms with Crippen LogP contribution in [0.25, 0.3) is 0 Å². The summed E-state index contributed by atoms with van der Waals surface area (Å²) in [6.45, 7) is 1.86. The first-order valence-corrected chi connectivity index (χ1v) is 7.27. The number of rotatable bonds is 1. The van der Waals surface area contributed by atoms with Gasteiger partial charge in [0.2, 0.25) is 0 Å². The lowest BCUT2D eigenvalue weighted by molar-refractivity contribution is 0.551. The molecule has 1 aromatic carbocycles. The van der Waals surface area contributed by atoms with E-state index in [-0.39, 0.29) is 5.56 Å². The summed E-state index contributed by atoms with van der Waals surface area (Å²) >= 11 is 3.26. The van der Waals surface area contributed by atoms with Crippen LogP contribution in [0.3, 0.4) is 0 Å². The Morgan fingerprint density at radius 2 is 2.05 bits per heavy atom. The van der Waals surface area contributed by atoms with Gasteiger partial charge in [-0.1, -0.05) is 24.3 Å². The topological polar surface area (TPSA) is 45.8 Å². The molecule has 1 N–H and O–H groups in total. The molecule has 4 heteroatoms. The third-order valence-corrected chi connectivity index (χ3v) is 4.71. The van der Waals surface area contributed by atoms with Crippen LogP contribution in [0.1, 0.15) is 35.0 Å². The first-order chi connectivity index (χ1) is 9.15. The summed E-state index contributed by atoms with van der Waals surface area (Å²) in [6, 6.07) is 8.52. The predicted molar refractivity (Wildman–Crippen MR) is 78.5 cm³/mol. The summed E-state index contributed by atoms with van der Waals surface area (Å²) in [4.78, 5) is 19.2. The van der Waals surface area contributed by atoms with E-state index in [9.17, 15) is 4.79 Å². The molecule has 1 aliphatic carbocycles. The minimum absolute atomic E-state index is 0.0821. The van der Waals surface area contributed by atoms with Gasteiger partial charge in [0.1, 0.15) is 10.3 Å². The number of hydrogen-bond acceptors (Lipinski definition) is 2. The van der Waals surface area contributed by atoms with Crippen molar-refractivity contribution >= 4 is 15.9 Å². The van der Waals surface area contributed by atoms with Crippen LogP contribution in [0.5, 0.6) is 0 Å². The van der Waals surface area contributed by atoms with Crippen LogP contribution >= 0.6 is 15.9 Å². The molecule has 1 atom stereocenters. The van der Waals surface area contributed by atoms with Crippen molar-refractivity contribution in [2.45, 2.75) is 32.1 Å². The largest absolute Gasteiger partial charge is 0.309 e. The second-order valence-electron chi connectivity index (χ2n) is 5.06. The monoisotopic (exact) mass is 318 g/mol. The minimum atomic E-state index is -0.0821. The molecular weight excluding hydrogens is 304 g/mol. The van der Waals surface area contributed by atoms with Crippen molar-refractivity contribution in [3.05, 3.63) is 61.7 Å². The number of fused-ring (bicyclic) bond motifs is 1. The molecule has 0 spiro atoms. The number of nitrogens with one attached hydrogen (secondary N) is 1. The number of aryl methyl sites for hydroxylation is 2. The zero-order valence-electron chi connectivity index (χ0n) is 10.7. The first-order valence-electron chi connectivity index (χ1n) is 6.48. The van der Waals surface area contributed by atoms with Gasteiger partial charge in [0, 0.05) is 5.92 Å². The van der Waals surface area contributed by atoms with Crippen LogP contribution in [0, 0.1) is 6.92 Å². The molecular formula is C15H15BrN2O. The van der Waals surface area contributed by atoms with E-state index in [2.05, 4.69) is 50.2 Å². The Bertz CT molecular complexity index is 678. The first kappa shape index (κ1) is 12.6. The Morgan fingerprint density at radius 3 is 2.79 bits per heavy atom. The van der Waals surface area contributed by atoms with Gasteiger partial charge >= 0.3 is 0 Å². The number of aromatic amines is 1. The summed E-state index contributed by atoms with van der Waals surface area (Å²) in [5.74, 6) is 1.13. The highest BCUT2D eigenvalue weighted by Crippen LogP contribution is 2.30. The molecule has 0 fully saturated rings. The van der Waals surface area contributed by atoms with Gasteiger partial charge in [0.25, 0.3) is 5.56 Å². The maximum atomic E-state index is 11.8. The molecule has 0 saturated carbocycles. The molecule has 98 valence electrons. The fraction of sp³-hybridized carbons (Fsp3) is 0.333. The molecule has 3 rings (SSSR count). The molecule has 0 aliphatic heterocycles. The summed E-state index contributed by atoms with van der Waals surface area (Å²) in [7, 11) is 0. The van der Waals surface area contributed by atoms with Crippen LogP contribution in [0.15, 0.2) is 33.5 Å². The van der Waals surface area contributed by atoms with E-state index in [1.54, 1.807) is 0 Å². The zero-order chi connectivity index (χ0) is 13.4. The summed E-state index contributed by atoms with van der Waals surface area (Å²) < 4.78 is 0.535. The maximum Gasteiger partial charge on any atom is 0.265 e. The lowest BCUT2D eigenvalue weighted by atomic mass is 9.83. The van der Waals surface area contributed by atoms with E-state index >= 15 is 0 Å². The van der Waals surface area contributed by atoms with E-state index < -0.39 is 0 Å². The number of benzene rings is 1. The Morgan fingerprint density at radius 1 is 1.32 bits per heavy atom. The Labute approximate surface area is 120 Å². The van der Waals surface area contributed by atoms with Crippen LogP contribution < -0.4 is 5.56 Å². The van der Waals surface area contributed by atoms with Gasteiger partial charge in [-0.15, -0.1) is 0 Å². The quantitative estimate of drug-likeness (QED) is 0.878. The van der Waals surface area contributed by atoms with Gasteiger partial charge in [0.15, 0.2) is 0 Å².